The van der Waals surface area contributed by atoms with Crippen molar-refractivity contribution in [3.8, 4) is 0 Å². The van der Waals surface area contributed by atoms with Crippen LogP contribution in [-0.2, 0) is 9.59 Å². The van der Waals surface area contributed by atoms with Crippen LogP contribution in [0.4, 0.5) is 0 Å². The lowest BCUT2D eigenvalue weighted by molar-refractivity contribution is -0.140. The van der Waals surface area contributed by atoms with Crippen LogP contribution in [0.25, 0.3) is 0 Å². The Bertz CT molecular complexity index is 575. The minimum Gasteiger partial charge on any atom is -0.369 e. The van der Waals surface area contributed by atoms with E-state index in [2.05, 4.69) is 4.90 Å². The van der Waals surface area contributed by atoms with Crippen molar-refractivity contribution < 1.29 is 9.59 Å². The highest BCUT2D eigenvalue weighted by molar-refractivity contribution is 7.99. The maximum Gasteiger partial charge on any atom is 0.244 e. The molecule has 0 unspecified atom stereocenters. The molecule has 2 saturated heterocycles. The quantitative estimate of drug-likeness (QED) is 0.896. The van der Waals surface area contributed by atoms with Gasteiger partial charge in [-0.15, -0.1) is 0 Å². The number of piperidine rings is 1. The first-order chi connectivity index (χ1) is 11.7. The molecule has 6 heteroatoms. The number of rotatable bonds is 4. The van der Waals surface area contributed by atoms with Crippen LogP contribution in [0.1, 0.15) is 24.4 Å². The average molecular weight is 347 g/mol. The number of nitrogens with two attached hydrogens (primary N) is 1. The van der Waals surface area contributed by atoms with Crippen LogP contribution >= 0.6 is 11.8 Å². The van der Waals surface area contributed by atoms with Gasteiger partial charge in [0.05, 0.1) is 5.92 Å². The van der Waals surface area contributed by atoms with Crippen LogP contribution in [0.5, 0.6) is 0 Å². The summed E-state index contributed by atoms with van der Waals surface area (Å²) < 4.78 is 0. The summed E-state index contributed by atoms with van der Waals surface area (Å²) in [6.45, 7) is 3.01. The van der Waals surface area contributed by atoms with Crippen molar-refractivity contribution in [2.45, 2.75) is 18.9 Å². The Morgan fingerprint density at radius 2 is 1.83 bits per heavy atom. The highest BCUT2D eigenvalue weighted by Crippen LogP contribution is 2.28. The van der Waals surface area contributed by atoms with Gasteiger partial charge >= 0.3 is 0 Å². The number of benzene rings is 1. The lowest BCUT2D eigenvalue weighted by Crippen LogP contribution is -2.50. The molecular formula is C18H25N3O2S. The van der Waals surface area contributed by atoms with Gasteiger partial charge in [-0.05, 0) is 18.4 Å². The average Bonchev–Trinajstić information content (AvgIpc) is 2.64. The SMILES string of the molecule is NC(=O)[C@H]1CCCN(C(=O)[C@@H](c2ccccc2)N2CCSCC2)C1. The molecule has 3 rings (SSSR count). The topological polar surface area (TPSA) is 66.6 Å². The second kappa shape index (κ2) is 8.03. The largest absolute Gasteiger partial charge is 0.369 e. The summed E-state index contributed by atoms with van der Waals surface area (Å²) >= 11 is 1.94. The van der Waals surface area contributed by atoms with E-state index in [4.69, 9.17) is 5.73 Å². The predicted molar refractivity (Wildman–Crippen MR) is 96.6 cm³/mol. The maximum atomic E-state index is 13.3. The Morgan fingerprint density at radius 1 is 1.12 bits per heavy atom. The Hall–Kier alpha value is -1.53. The van der Waals surface area contributed by atoms with Crippen molar-refractivity contribution in [2.75, 3.05) is 37.7 Å². The molecule has 0 bridgehead atoms. The number of primary amides is 1. The van der Waals surface area contributed by atoms with Crippen LogP contribution < -0.4 is 5.73 Å². The first-order valence-electron chi connectivity index (χ1n) is 8.61. The number of nitrogens with zero attached hydrogens (tertiary/aromatic N) is 2. The molecule has 0 saturated carbocycles. The fraction of sp³-hybridized carbons (Fsp3) is 0.556. The van der Waals surface area contributed by atoms with Crippen molar-refractivity contribution in [1.29, 1.82) is 0 Å². The van der Waals surface area contributed by atoms with E-state index >= 15 is 0 Å². The monoisotopic (exact) mass is 347 g/mol. The number of thioether (sulfide) groups is 1. The van der Waals surface area contributed by atoms with Gasteiger partial charge in [-0.3, -0.25) is 14.5 Å². The zero-order valence-electron chi connectivity index (χ0n) is 13.9. The van der Waals surface area contributed by atoms with Crippen molar-refractivity contribution in [1.82, 2.24) is 9.80 Å². The summed E-state index contributed by atoms with van der Waals surface area (Å²) in [5.41, 5.74) is 6.51. The normalized spacial score (nSPS) is 23.7. The molecule has 0 radical (unpaired) electrons. The van der Waals surface area contributed by atoms with Gasteiger partial charge in [0, 0.05) is 37.7 Å². The van der Waals surface area contributed by atoms with Gasteiger partial charge in [-0.2, -0.15) is 11.8 Å². The number of likely N-dealkylation sites (tertiary alicyclic amines) is 1. The van der Waals surface area contributed by atoms with Crippen molar-refractivity contribution in [3.63, 3.8) is 0 Å². The Balaban J connectivity index is 1.81. The van der Waals surface area contributed by atoms with Crippen LogP contribution in [0.3, 0.4) is 0 Å². The van der Waals surface area contributed by atoms with Crippen LogP contribution in [-0.4, -0.2) is 59.3 Å². The third-order valence-corrected chi connectivity index (χ3v) is 5.84. The van der Waals surface area contributed by atoms with Gasteiger partial charge in [0.15, 0.2) is 0 Å². The molecule has 0 aromatic heterocycles. The van der Waals surface area contributed by atoms with Crippen molar-refractivity contribution in [3.05, 3.63) is 35.9 Å². The first kappa shape index (κ1) is 17.3. The summed E-state index contributed by atoms with van der Waals surface area (Å²) in [5.74, 6) is 1.72. The van der Waals surface area contributed by atoms with Crippen molar-refractivity contribution in [2.24, 2.45) is 11.7 Å². The lowest BCUT2D eigenvalue weighted by Gasteiger charge is -2.39. The second-order valence-electron chi connectivity index (χ2n) is 6.49. The molecule has 130 valence electrons. The van der Waals surface area contributed by atoms with Gasteiger partial charge in [-0.25, -0.2) is 0 Å². The summed E-state index contributed by atoms with van der Waals surface area (Å²) in [7, 11) is 0. The highest BCUT2D eigenvalue weighted by atomic mass is 32.2. The summed E-state index contributed by atoms with van der Waals surface area (Å²) in [4.78, 5) is 29.0. The zero-order valence-corrected chi connectivity index (χ0v) is 14.7. The number of carbonyl (C=O) groups excluding carboxylic acids is 2. The fourth-order valence-corrected chi connectivity index (χ4v) is 4.49. The smallest absolute Gasteiger partial charge is 0.244 e. The molecule has 2 amide bonds. The van der Waals surface area contributed by atoms with E-state index in [1.807, 2.05) is 47.0 Å². The van der Waals surface area contributed by atoms with Gasteiger partial charge in [0.25, 0.3) is 0 Å². The molecular weight excluding hydrogens is 322 g/mol. The van der Waals surface area contributed by atoms with Gasteiger partial charge in [0.2, 0.25) is 11.8 Å². The second-order valence-corrected chi connectivity index (χ2v) is 7.71. The molecule has 2 heterocycles. The molecule has 0 aliphatic carbocycles. The first-order valence-corrected chi connectivity index (χ1v) is 9.77. The fourth-order valence-electron chi connectivity index (χ4n) is 3.56. The summed E-state index contributed by atoms with van der Waals surface area (Å²) in [5, 5.41) is 0. The van der Waals surface area contributed by atoms with Gasteiger partial charge < -0.3 is 10.6 Å². The molecule has 1 aromatic rings. The third-order valence-electron chi connectivity index (χ3n) is 4.90. The van der Waals surface area contributed by atoms with E-state index in [0.717, 1.165) is 43.0 Å². The molecule has 2 fully saturated rings. The summed E-state index contributed by atoms with van der Waals surface area (Å²) in [6.07, 6.45) is 1.63. The molecule has 2 aliphatic rings. The van der Waals surface area contributed by atoms with Crippen LogP contribution in [0, 0.1) is 5.92 Å². The number of amides is 2. The Labute approximate surface area is 147 Å². The minimum atomic E-state index is -0.293. The van der Waals surface area contributed by atoms with Crippen LogP contribution in [0.2, 0.25) is 0 Å². The number of carbonyl (C=O) groups is 2. The molecule has 1 aromatic carbocycles. The molecule has 0 spiro atoms. The highest BCUT2D eigenvalue weighted by Gasteiger charge is 2.35. The van der Waals surface area contributed by atoms with E-state index < -0.39 is 0 Å². The van der Waals surface area contributed by atoms with E-state index in [1.165, 1.54) is 0 Å². The molecule has 5 nitrogen and oxygen atoms in total. The molecule has 24 heavy (non-hydrogen) atoms. The van der Waals surface area contributed by atoms with Crippen molar-refractivity contribution >= 4 is 23.6 Å². The predicted octanol–water partition coefficient (Wildman–Crippen LogP) is 1.50. The Morgan fingerprint density at radius 3 is 2.50 bits per heavy atom. The third kappa shape index (κ3) is 3.92. The van der Waals surface area contributed by atoms with E-state index in [9.17, 15) is 9.59 Å². The van der Waals surface area contributed by atoms with E-state index in [0.29, 0.717) is 13.1 Å². The maximum absolute atomic E-state index is 13.3. The molecule has 2 atom stereocenters. The molecule has 2 N–H and O–H groups in total. The van der Waals surface area contributed by atoms with Crippen LogP contribution in [0.15, 0.2) is 30.3 Å². The minimum absolute atomic E-state index is 0.110. The van der Waals surface area contributed by atoms with Gasteiger partial charge in [-0.1, -0.05) is 30.3 Å². The number of hydrogen-bond donors (Lipinski definition) is 1. The van der Waals surface area contributed by atoms with E-state index in [1.54, 1.807) is 0 Å². The number of hydrogen-bond acceptors (Lipinski definition) is 4. The van der Waals surface area contributed by atoms with Gasteiger partial charge in [0.1, 0.15) is 6.04 Å². The standard InChI is InChI=1S/C18H25N3O2S/c19-17(22)15-7-4-8-21(13-15)18(23)16(14-5-2-1-3-6-14)20-9-11-24-12-10-20/h1-3,5-6,15-16H,4,7-13H2,(H2,19,22)/t15-,16+/m0/s1. The van der Waals surface area contributed by atoms with E-state index in [-0.39, 0.29) is 23.8 Å². The molecule has 2 aliphatic heterocycles. The summed E-state index contributed by atoms with van der Waals surface area (Å²) in [6, 6.07) is 9.74. The Kier molecular flexibility index (Phi) is 5.79. The zero-order chi connectivity index (χ0) is 16.9. The lowest BCUT2D eigenvalue weighted by atomic mass is 9.95.